The molecule has 0 amide bonds. The average Bonchev–Trinajstić information content (AvgIpc) is 1.85. The quantitative estimate of drug-likeness (QED) is 0.608. The van der Waals surface area contributed by atoms with E-state index in [-0.39, 0.29) is 0 Å². The Bertz CT molecular complexity index is 156. The van der Waals surface area contributed by atoms with Gasteiger partial charge < -0.3 is 4.90 Å². The smallest absolute Gasteiger partial charge is 0.0739 e. The molecule has 0 aromatic rings. The van der Waals surface area contributed by atoms with Crippen molar-refractivity contribution in [2.45, 2.75) is 39.9 Å². The molecule has 0 bridgehead atoms. The summed E-state index contributed by atoms with van der Waals surface area (Å²) >= 11 is 0. The van der Waals surface area contributed by atoms with Crippen molar-refractivity contribution in [2.24, 2.45) is 0 Å². The molecule has 0 aromatic carbocycles. The summed E-state index contributed by atoms with van der Waals surface area (Å²) in [5, 5.41) is 1.58. The fourth-order valence-corrected chi connectivity index (χ4v) is 1.55. The van der Waals surface area contributed by atoms with Crippen molar-refractivity contribution in [3.8, 4) is 0 Å². The molecule has 0 aliphatic carbocycles. The molecule has 0 aliphatic rings. The fraction of sp³-hybridized carbons (Fsp3) is 0.800. The SMILES string of the molecule is CCCN(C)C=C(C)[Si](C)(C)C. The van der Waals surface area contributed by atoms with E-state index < -0.39 is 8.07 Å². The van der Waals surface area contributed by atoms with Crippen LogP contribution in [0.1, 0.15) is 20.3 Å². The molecule has 72 valence electrons. The zero-order valence-corrected chi connectivity index (χ0v) is 10.4. The summed E-state index contributed by atoms with van der Waals surface area (Å²) in [5.41, 5.74) is 0. The third kappa shape index (κ3) is 4.60. The van der Waals surface area contributed by atoms with Gasteiger partial charge in [0.1, 0.15) is 0 Å². The Morgan fingerprint density at radius 1 is 1.33 bits per heavy atom. The van der Waals surface area contributed by atoms with E-state index in [1.165, 1.54) is 13.0 Å². The maximum absolute atomic E-state index is 2.39. The largest absolute Gasteiger partial charge is 0.381 e. The number of allylic oxidation sites excluding steroid dienone is 1. The number of hydrogen-bond donors (Lipinski definition) is 0. The van der Waals surface area contributed by atoms with Gasteiger partial charge in [0, 0.05) is 13.6 Å². The molecule has 0 heterocycles. The highest BCUT2D eigenvalue weighted by Gasteiger charge is 2.15. The predicted molar refractivity (Wildman–Crippen MR) is 60.0 cm³/mol. The first-order chi connectivity index (χ1) is 5.38. The third-order valence-corrected chi connectivity index (χ3v) is 4.67. The van der Waals surface area contributed by atoms with E-state index in [0.29, 0.717) is 0 Å². The predicted octanol–water partition coefficient (Wildman–Crippen LogP) is 3.11. The third-order valence-electron chi connectivity index (χ3n) is 2.17. The topological polar surface area (TPSA) is 3.24 Å². The van der Waals surface area contributed by atoms with Crippen LogP contribution in [-0.4, -0.2) is 26.6 Å². The van der Waals surface area contributed by atoms with Crippen molar-refractivity contribution in [2.75, 3.05) is 13.6 Å². The van der Waals surface area contributed by atoms with E-state index >= 15 is 0 Å². The summed E-state index contributed by atoms with van der Waals surface area (Å²) in [6.45, 7) is 12.8. The minimum absolute atomic E-state index is 1.03. The molecule has 12 heavy (non-hydrogen) atoms. The van der Waals surface area contributed by atoms with Crippen molar-refractivity contribution in [3.05, 3.63) is 11.4 Å². The van der Waals surface area contributed by atoms with E-state index in [1.54, 1.807) is 5.20 Å². The molecule has 2 heteroatoms. The molecule has 0 saturated heterocycles. The Morgan fingerprint density at radius 3 is 2.17 bits per heavy atom. The molecule has 0 radical (unpaired) electrons. The molecule has 1 nitrogen and oxygen atoms in total. The summed E-state index contributed by atoms with van der Waals surface area (Å²) in [6.07, 6.45) is 3.54. The molecule has 0 aliphatic heterocycles. The Kier molecular flexibility index (Phi) is 4.61. The molecular formula is C10H23NSi. The van der Waals surface area contributed by atoms with Crippen LogP contribution in [0.15, 0.2) is 11.4 Å². The first kappa shape index (κ1) is 11.8. The minimum Gasteiger partial charge on any atom is -0.381 e. The van der Waals surface area contributed by atoms with Crippen molar-refractivity contribution in [1.82, 2.24) is 4.90 Å². The Morgan fingerprint density at radius 2 is 1.83 bits per heavy atom. The van der Waals surface area contributed by atoms with Crippen LogP contribution in [0.3, 0.4) is 0 Å². The highest BCUT2D eigenvalue weighted by atomic mass is 28.3. The maximum atomic E-state index is 2.39. The Balaban J connectivity index is 4.16. The lowest BCUT2D eigenvalue weighted by Crippen LogP contribution is -2.25. The van der Waals surface area contributed by atoms with Gasteiger partial charge in [0.2, 0.25) is 0 Å². The van der Waals surface area contributed by atoms with E-state index in [2.05, 4.69) is 51.6 Å². The summed E-state index contributed by atoms with van der Waals surface area (Å²) in [6, 6.07) is 0. The van der Waals surface area contributed by atoms with Crippen molar-refractivity contribution < 1.29 is 0 Å². The van der Waals surface area contributed by atoms with E-state index in [0.717, 1.165) is 0 Å². The lowest BCUT2D eigenvalue weighted by molar-refractivity contribution is 0.452. The van der Waals surface area contributed by atoms with E-state index in [4.69, 9.17) is 0 Å². The zero-order chi connectivity index (χ0) is 9.78. The Hall–Kier alpha value is -0.243. The molecule has 0 unspecified atom stereocenters. The second-order valence-electron chi connectivity index (χ2n) is 4.54. The number of rotatable bonds is 4. The van der Waals surface area contributed by atoms with Gasteiger partial charge in [-0.3, -0.25) is 0 Å². The van der Waals surface area contributed by atoms with Gasteiger partial charge in [0.25, 0.3) is 0 Å². The highest BCUT2D eigenvalue weighted by molar-refractivity contribution is 6.82. The molecule has 0 N–H and O–H groups in total. The molecule has 0 saturated carbocycles. The summed E-state index contributed by atoms with van der Waals surface area (Å²) < 4.78 is 0. The summed E-state index contributed by atoms with van der Waals surface area (Å²) in [4.78, 5) is 2.30. The summed E-state index contributed by atoms with van der Waals surface area (Å²) in [7, 11) is 1.13. The Labute approximate surface area is 78.5 Å². The standard InChI is InChI=1S/C10H23NSi/c1-7-8-11(3)9-10(2)12(4,5)6/h9H,7-8H2,1-6H3. The molecule has 0 aromatic heterocycles. The fourth-order valence-electron chi connectivity index (χ4n) is 0.941. The van der Waals surface area contributed by atoms with Crippen LogP contribution in [0.5, 0.6) is 0 Å². The van der Waals surface area contributed by atoms with Crippen LogP contribution in [0.25, 0.3) is 0 Å². The van der Waals surface area contributed by atoms with Gasteiger partial charge in [-0.2, -0.15) is 0 Å². The van der Waals surface area contributed by atoms with Crippen LogP contribution >= 0.6 is 0 Å². The molecule has 0 spiro atoms. The van der Waals surface area contributed by atoms with Gasteiger partial charge in [0.15, 0.2) is 0 Å². The maximum Gasteiger partial charge on any atom is 0.0739 e. The first-order valence-electron chi connectivity index (χ1n) is 4.77. The van der Waals surface area contributed by atoms with Crippen LogP contribution in [0.4, 0.5) is 0 Å². The van der Waals surface area contributed by atoms with Gasteiger partial charge in [-0.05, 0) is 19.5 Å². The van der Waals surface area contributed by atoms with Crippen molar-refractivity contribution in [3.63, 3.8) is 0 Å². The highest BCUT2D eigenvalue weighted by Crippen LogP contribution is 2.13. The molecule has 0 fully saturated rings. The van der Waals surface area contributed by atoms with Gasteiger partial charge in [-0.25, -0.2) is 0 Å². The minimum atomic E-state index is -1.03. The van der Waals surface area contributed by atoms with Crippen LogP contribution in [-0.2, 0) is 0 Å². The monoisotopic (exact) mass is 185 g/mol. The van der Waals surface area contributed by atoms with Gasteiger partial charge >= 0.3 is 0 Å². The van der Waals surface area contributed by atoms with Gasteiger partial charge in [0.05, 0.1) is 8.07 Å². The van der Waals surface area contributed by atoms with Crippen LogP contribution in [0, 0.1) is 0 Å². The van der Waals surface area contributed by atoms with Crippen molar-refractivity contribution in [1.29, 1.82) is 0 Å². The molecule has 0 atom stereocenters. The van der Waals surface area contributed by atoms with Gasteiger partial charge in [-0.1, -0.05) is 31.8 Å². The van der Waals surface area contributed by atoms with Crippen LogP contribution < -0.4 is 0 Å². The average molecular weight is 185 g/mol. The lowest BCUT2D eigenvalue weighted by Gasteiger charge is -2.21. The first-order valence-corrected chi connectivity index (χ1v) is 8.27. The van der Waals surface area contributed by atoms with Crippen molar-refractivity contribution >= 4 is 8.07 Å². The lowest BCUT2D eigenvalue weighted by atomic mass is 10.4. The zero-order valence-electron chi connectivity index (χ0n) is 9.44. The van der Waals surface area contributed by atoms with Gasteiger partial charge in [-0.15, -0.1) is 0 Å². The van der Waals surface area contributed by atoms with E-state index in [1.807, 2.05) is 0 Å². The number of nitrogens with zero attached hydrogens (tertiary/aromatic N) is 1. The normalized spacial score (nSPS) is 13.3. The summed E-state index contributed by atoms with van der Waals surface area (Å²) in [5.74, 6) is 0. The molecule has 0 rings (SSSR count). The molecular weight excluding hydrogens is 162 g/mol. The van der Waals surface area contributed by atoms with E-state index in [9.17, 15) is 0 Å². The number of hydrogen-bond acceptors (Lipinski definition) is 1. The second kappa shape index (κ2) is 4.70. The van der Waals surface area contributed by atoms with Crippen LogP contribution in [0.2, 0.25) is 19.6 Å². The second-order valence-corrected chi connectivity index (χ2v) is 9.83.